The van der Waals surface area contributed by atoms with Crippen molar-refractivity contribution in [2.75, 3.05) is 6.61 Å². The first-order valence-electron chi connectivity index (χ1n) is 8.51. The third-order valence-corrected chi connectivity index (χ3v) is 5.63. The van der Waals surface area contributed by atoms with E-state index in [9.17, 15) is 4.79 Å². The molecule has 2 aliphatic rings. The van der Waals surface area contributed by atoms with E-state index in [2.05, 4.69) is 19.2 Å². The zero-order valence-corrected chi connectivity index (χ0v) is 13.5. The Balaban J connectivity index is 2.06. The van der Waals surface area contributed by atoms with Crippen molar-refractivity contribution in [2.45, 2.75) is 90.1 Å². The molecule has 0 saturated heterocycles. The molecule has 20 heavy (non-hydrogen) atoms. The molecule has 3 nitrogen and oxygen atoms in total. The highest BCUT2D eigenvalue weighted by Gasteiger charge is 2.48. The molecule has 0 aromatic carbocycles. The van der Waals surface area contributed by atoms with E-state index in [0.29, 0.717) is 18.1 Å². The number of nitrogens with one attached hydrogen (secondary N) is 1. The van der Waals surface area contributed by atoms with E-state index < -0.39 is 5.54 Å². The molecule has 1 spiro atoms. The third-order valence-electron chi connectivity index (χ3n) is 5.63. The molecule has 2 rings (SSSR count). The Bertz CT molecular complexity index is 324. The molecule has 0 aromatic rings. The van der Waals surface area contributed by atoms with Gasteiger partial charge in [-0.3, -0.25) is 10.1 Å². The molecule has 0 aliphatic heterocycles. The number of hydrogen-bond donors (Lipinski definition) is 1. The highest BCUT2D eigenvalue weighted by molar-refractivity contribution is 5.81. The van der Waals surface area contributed by atoms with Gasteiger partial charge < -0.3 is 4.74 Å². The van der Waals surface area contributed by atoms with Crippen LogP contribution >= 0.6 is 0 Å². The molecule has 2 saturated carbocycles. The van der Waals surface area contributed by atoms with E-state index in [1.807, 2.05) is 6.92 Å². The van der Waals surface area contributed by atoms with Gasteiger partial charge in [0.15, 0.2) is 0 Å². The molecule has 1 N–H and O–H groups in total. The second-order valence-corrected chi connectivity index (χ2v) is 6.96. The van der Waals surface area contributed by atoms with E-state index in [1.54, 1.807) is 0 Å². The van der Waals surface area contributed by atoms with E-state index in [0.717, 1.165) is 19.3 Å². The fourth-order valence-electron chi connectivity index (χ4n) is 4.08. The van der Waals surface area contributed by atoms with Crippen molar-refractivity contribution in [3.63, 3.8) is 0 Å². The predicted molar refractivity (Wildman–Crippen MR) is 81.6 cm³/mol. The van der Waals surface area contributed by atoms with Gasteiger partial charge in [0.05, 0.1) is 6.61 Å². The molecule has 0 amide bonds. The summed E-state index contributed by atoms with van der Waals surface area (Å²) in [6.45, 7) is 6.71. The summed E-state index contributed by atoms with van der Waals surface area (Å²) in [7, 11) is 0. The van der Waals surface area contributed by atoms with Crippen molar-refractivity contribution in [3.8, 4) is 0 Å². The summed E-state index contributed by atoms with van der Waals surface area (Å²) in [6.07, 6.45) is 10.8. The van der Waals surface area contributed by atoms with Crippen LogP contribution in [-0.4, -0.2) is 24.2 Å². The zero-order valence-electron chi connectivity index (χ0n) is 13.5. The monoisotopic (exact) mass is 281 g/mol. The Morgan fingerprint density at radius 2 is 1.70 bits per heavy atom. The quantitative estimate of drug-likeness (QED) is 0.779. The van der Waals surface area contributed by atoms with Gasteiger partial charge in [-0.2, -0.15) is 0 Å². The van der Waals surface area contributed by atoms with Crippen LogP contribution in [0.1, 0.15) is 78.6 Å². The van der Waals surface area contributed by atoms with Crippen LogP contribution in [0, 0.1) is 5.41 Å². The van der Waals surface area contributed by atoms with Crippen LogP contribution in [0.4, 0.5) is 0 Å². The number of esters is 1. The molecule has 0 bridgehead atoms. The van der Waals surface area contributed by atoms with Crippen molar-refractivity contribution in [1.82, 2.24) is 5.32 Å². The van der Waals surface area contributed by atoms with Gasteiger partial charge in [-0.25, -0.2) is 0 Å². The van der Waals surface area contributed by atoms with Gasteiger partial charge in [0, 0.05) is 6.04 Å². The van der Waals surface area contributed by atoms with Crippen molar-refractivity contribution >= 4 is 5.97 Å². The van der Waals surface area contributed by atoms with E-state index in [-0.39, 0.29) is 5.97 Å². The predicted octanol–water partition coefficient (Wildman–Crippen LogP) is 3.81. The number of carbonyl (C=O) groups excluding carboxylic acids is 1. The van der Waals surface area contributed by atoms with Gasteiger partial charge in [0.25, 0.3) is 0 Å². The molecule has 1 atom stereocenters. The summed E-state index contributed by atoms with van der Waals surface area (Å²) < 4.78 is 5.38. The summed E-state index contributed by atoms with van der Waals surface area (Å²) in [4.78, 5) is 12.5. The molecule has 2 fully saturated rings. The second-order valence-electron chi connectivity index (χ2n) is 6.96. The number of ether oxygens (including phenoxy) is 1. The van der Waals surface area contributed by atoms with Gasteiger partial charge in [-0.05, 0) is 64.2 Å². The number of carbonyl (C=O) groups is 1. The van der Waals surface area contributed by atoms with Crippen molar-refractivity contribution in [3.05, 3.63) is 0 Å². The highest BCUT2D eigenvalue weighted by Crippen LogP contribution is 2.51. The fourth-order valence-corrected chi connectivity index (χ4v) is 4.08. The summed E-state index contributed by atoms with van der Waals surface area (Å²) >= 11 is 0. The minimum absolute atomic E-state index is 0.0202. The van der Waals surface area contributed by atoms with Gasteiger partial charge in [0.1, 0.15) is 5.54 Å². The Morgan fingerprint density at radius 3 is 2.20 bits per heavy atom. The van der Waals surface area contributed by atoms with Gasteiger partial charge >= 0.3 is 5.97 Å². The standard InChI is InChI=1S/C17H31NO2/c1-4-14(3)18-17(15(19)20-5-2)12-10-16(11-13-17)8-6-7-9-16/h14,18H,4-13H2,1-3H3. The van der Waals surface area contributed by atoms with Gasteiger partial charge in [-0.1, -0.05) is 19.8 Å². The largest absolute Gasteiger partial charge is 0.465 e. The highest BCUT2D eigenvalue weighted by atomic mass is 16.5. The van der Waals surface area contributed by atoms with Crippen molar-refractivity contribution in [1.29, 1.82) is 0 Å². The van der Waals surface area contributed by atoms with Crippen LogP contribution in [0.15, 0.2) is 0 Å². The van der Waals surface area contributed by atoms with Crippen LogP contribution in [0.2, 0.25) is 0 Å². The lowest BCUT2D eigenvalue weighted by atomic mass is 9.66. The maximum atomic E-state index is 12.5. The van der Waals surface area contributed by atoms with E-state index in [4.69, 9.17) is 4.74 Å². The van der Waals surface area contributed by atoms with Gasteiger partial charge in [-0.15, -0.1) is 0 Å². The molecule has 0 radical (unpaired) electrons. The lowest BCUT2D eigenvalue weighted by molar-refractivity contribution is -0.154. The van der Waals surface area contributed by atoms with E-state index in [1.165, 1.54) is 38.5 Å². The van der Waals surface area contributed by atoms with Gasteiger partial charge in [0.2, 0.25) is 0 Å². The number of hydrogen-bond acceptors (Lipinski definition) is 3. The molecule has 3 heteroatoms. The second kappa shape index (κ2) is 6.46. The SMILES string of the molecule is CCOC(=O)C1(NC(C)CC)CCC2(CCCC2)CC1. The molecule has 0 aromatic heterocycles. The summed E-state index contributed by atoms with van der Waals surface area (Å²) in [5, 5.41) is 3.60. The first-order chi connectivity index (χ1) is 9.56. The smallest absolute Gasteiger partial charge is 0.326 e. The normalized spacial score (nSPS) is 25.6. The molecular weight excluding hydrogens is 250 g/mol. The molecule has 1 unspecified atom stereocenters. The number of rotatable bonds is 5. The first-order valence-corrected chi connectivity index (χ1v) is 8.51. The zero-order chi connectivity index (χ0) is 14.6. The fraction of sp³-hybridized carbons (Fsp3) is 0.941. The maximum absolute atomic E-state index is 12.5. The average molecular weight is 281 g/mol. The first kappa shape index (κ1) is 15.8. The van der Waals surface area contributed by atoms with Crippen LogP contribution in [0.5, 0.6) is 0 Å². The van der Waals surface area contributed by atoms with Crippen LogP contribution in [0.25, 0.3) is 0 Å². The Labute approximate surface area is 123 Å². The van der Waals surface area contributed by atoms with Crippen LogP contribution in [-0.2, 0) is 9.53 Å². The minimum atomic E-state index is -0.417. The molecule has 2 aliphatic carbocycles. The topological polar surface area (TPSA) is 38.3 Å². The van der Waals surface area contributed by atoms with Crippen molar-refractivity contribution < 1.29 is 9.53 Å². The summed E-state index contributed by atoms with van der Waals surface area (Å²) in [6, 6.07) is 0.372. The summed E-state index contributed by atoms with van der Waals surface area (Å²) in [5.41, 5.74) is 0.131. The average Bonchev–Trinajstić information content (AvgIpc) is 2.90. The Morgan fingerprint density at radius 1 is 1.10 bits per heavy atom. The van der Waals surface area contributed by atoms with Crippen LogP contribution < -0.4 is 5.32 Å². The molecule has 0 heterocycles. The molecular formula is C17H31NO2. The maximum Gasteiger partial charge on any atom is 0.326 e. The van der Waals surface area contributed by atoms with E-state index >= 15 is 0 Å². The summed E-state index contributed by atoms with van der Waals surface area (Å²) in [5.74, 6) is -0.0202. The lowest BCUT2D eigenvalue weighted by Gasteiger charge is -2.45. The lowest BCUT2D eigenvalue weighted by Crippen LogP contribution is -2.58. The molecule has 116 valence electrons. The third kappa shape index (κ3) is 3.19. The van der Waals surface area contributed by atoms with Crippen molar-refractivity contribution in [2.24, 2.45) is 5.41 Å². The van der Waals surface area contributed by atoms with Crippen LogP contribution in [0.3, 0.4) is 0 Å². The Kier molecular flexibility index (Phi) is 5.11. The minimum Gasteiger partial charge on any atom is -0.465 e. The Hall–Kier alpha value is -0.570.